The second-order valence-electron chi connectivity index (χ2n) is 17.3. The molecule has 2 rings (SSSR count). The molecule has 1 aliphatic heterocycles. The lowest BCUT2D eigenvalue weighted by atomic mass is 9.90. The van der Waals surface area contributed by atoms with Crippen molar-refractivity contribution in [1.82, 2.24) is 25.8 Å². The van der Waals surface area contributed by atoms with E-state index in [0.29, 0.717) is 17.0 Å². The van der Waals surface area contributed by atoms with Gasteiger partial charge in [0.1, 0.15) is 52.8 Å². The van der Waals surface area contributed by atoms with Crippen LogP contribution in [0.1, 0.15) is 101 Å². The summed E-state index contributed by atoms with van der Waals surface area (Å²) in [6, 6.07) is 3.33. The first-order valence-electron chi connectivity index (χ1n) is 21.1. The van der Waals surface area contributed by atoms with Crippen LogP contribution in [0.5, 0.6) is 0 Å². The molecule has 0 saturated carbocycles. The smallest absolute Gasteiger partial charge is 0.334 e. The van der Waals surface area contributed by atoms with Gasteiger partial charge >= 0.3 is 11.9 Å². The van der Waals surface area contributed by atoms with Crippen molar-refractivity contribution in [2.45, 2.75) is 144 Å². The number of halogens is 2. The van der Waals surface area contributed by atoms with Crippen molar-refractivity contribution in [1.29, 1.82) is 0 Å². The average molecular weight is 1000 g/mol. The van der Waals surface area contributed by atoms with Gasteiger partial charge in [-0.25, -0.2) is 9.59 Å². The highest BCUT2D eigenvalue weighted by atomic mass is 127. The standard InChI is InChI=1S/C45H67ClIN5O10/c1-14-26(5)37-40(55)50-45(10,11)44(59)61-38(27(6)15-2)29(8)34(62-47)21-16-28(7)43(58)60-35(22-25(3)4)39(54)48-30(9)41(56)52(13)33(23-31-17-19-32(46)20-18-31)42(57)51(12)24-36(53)49-37/h15-20,25-26,29-30,33-35,37-38H,14,21-24H2,1-13H3,(H,48,54)(H,49,53)(H,50,55)/b27-15+,28-16+/t26-,29-,30-,33+,34-,35+,37?,38+/m0/s1. The number of carbonyl (C=O) groups is 7. The van der Waals surface area contributed by atoms with Crippen LogP contribution < -0.4 is 16.0 Å². The molecule has 62 heavy (non-hydrogen) atoms. The van der Waals surface area contributed by atoms with Gasteiger partial charge in [-0.15, -0.1) is 0 Å². The molecule has 346 valence electrons. The number of carbonyl (C=O) groups excluding carboxylic acids is 7. The Bertz CT molecular complexity index is 1820. The highest BCUT2D eigenvalue weighted by Crippen LogP contribution is 2.28. The molecule has 5 amide bonds. The maximum Gasteiger partial charge on any atom is 0.334 e. The third-order valence-corrected chi connectivity index (χ3v) is 12.1. The molecule has 0 fully saturated rings. The van der Waals surface area contributed by atoms with Crippen molar-refractivity contribution in [3.8, 4) is 0 Å². The van der Waals surface area contributed by atoms with Crippen LogP contribution in [0.25, 0.3) is 0 Å². The summed E-state index contributed by atoms with van der Waals surface area (Å²) < 4.78 is 17.7. The Labute approximate surface area is 386 Å². The molecule has 8 atom stereocenters. The molecule has 0 saturated heterocycles. The van der Waals surface area contributed by atoms with Gasteiger partial charge in [0.05, 0.1) is 12.6 Å². The molecular formula is C45H67ClIN5O10. The molecule has 3 N–H and O–H groups in total. The number of cyclic esters (lactones) is 2. The van der Waals surface area contributed by atoms with Gasteiger partial charge in [-0.1, -0.05) is 76.9 Å². The molecule has 0 aliphatic carbocycles. The minimum absolute atomic E-state index is 0.0316. The van der Waals surface area contributed by atoms with E-state index in [9.17, 15) is 33.6 Å². The molecule has 17 heteroatoms. The minimum atomic E-state index is -1.56. The first-order chi connectivity index (χ1) is 28.9. The number of rotatable bonds is 8. The number of esters is 2. The van der Waals surface area contributed by atoms with E-state index in [0.717, 1.165) is 10.5 Å². The van der Waals surface area contributed by atoms with Gasteiger partial charge in [-0.2, -0.15) is 0 Å². The Kier molecular flexibility index (Phi) is 21.6. The number of benzene rings is 1. The van der Waals surface area contributed by atoms with Crippen LogP contribution in [0, 0.1) is 17.8 Å². The van der Waals surface area contributed by atoms with Crippen molar-refractivity contribution in [3.05, 3.63) is 58.1 Å². The van der Waals surface area contributed by atoms with Crippen LogP contribution in [0.4, 0.5) is 0 Å². The number of hydrogen-bond donors (Lipinski definition) is 3. The van der Waals surface area contributed by atoms with Gasteiger partial charge < -0.3 is 38.3 Å². The summed E-state index contributed by atoms with van der Waals surface area (Å²) >= 11 is 7.89. The highest BCUT2D eigenvalue weighted by molar-refractivity contribution is 14.1. The summed E-state index contributed by atoms with van der Waals surface area (Å²) in [5.41, 5.74) is 0.0417. The van der Waals surface area contributed by atoms with E-state index in [1.807, 2.05) is 40.7 Å². The number of allylic oxidation sites excluding steroid dienone is 1. The van der Waals surface area contributed by atoms with Crippen molar-refractivity contribution in [3.63, 3.8) is 0 Å². The maximum atomic E-state index is 14.2. The van der Waals surface area contributed by atoms with Gasteiger partial charge in [-0.3, -0.25) is 24.0 Å². The third-order valence-electron chi connectivity index (χ3n) is 11.2. The molecule has 0 aromatic heterocycles. The van der Waals surface area contributed by atoms with E-state index in [1.54, 1.807) is 74.1 Å². The third kappa shape index (κ3) is 15.6. The van der Waals surface area contributed by atoms with Crippen LogP contribution in [0.2, 0.25) is 5.02 Å². The van der Waals surface area contributed by atoms with Crippen molar-refractivity contribution < 1.29 is 46.1 Å². The fraction of sp³-hybridized carbons (Fsp3) is 0.622. The zero-order valence-corrected chi connectivity index (χ0v) is 41.3. The Morgan fingerprint density at radius 3 is 2.15 bits per heavy atom. The van der Waals surface area contributed by atoms with Crippen LogP contribution in [-0.2, 0) is 52.5 Å². The monoisotopic (exact) mass is 999 g/mol. The zero-order chi connectivity index (χ0) is 47.2. The van der Waals surface area contributed by atoms with Crippen LogP contribution in [0.3, 0.4) is 0 Å². The lowest BCUT2D eigenvalue weighted by Gasteiger charge is -2.34. The minimum Gasteiger partial charge on any atom is -0.456 e. The molecule has 0 bridgehead atoms. The molecular weight excluding hydrogens is 933 g/mol. The first kappa shape index (κ1) is 54.1. The van der Waals surface area contributed by atoms with Gasteiger partial charge in [0.25, 0.3) is 5.91 Å². The van der Waals surface area contributed by atoms with Crippen molar-refractivity contribution in [2.24, 2.45) is 17.8 Å². The zero-order valence-electron chi connectivity index (χ0n) is 38.4. The number of hydrogen-bond acceptors (Lipinski definition) is 10. The Morgan fingerprint density at radius 2 is 1.60 bits per heavy atom. The summed E-state index contributed by atoms with van der Waals surface area (Å²) in [6.45, 7) is 18.4. The van der Waals surface area contributed by atoms with Crippen molar-refractivity contribution >= 4 is 76.1 Å². The van der Waals surface area contributed by atoms with Gasteiger partial charge in [0, 0.05) is 37.0 Å². The molecule has 0 radical (unpaired) electrons. The number of nitrogens with zero attached hydrogens (tertiary/aromatic N) is 2. The van der Waals surface area contributed by atoms with E-state index in [1.165, 1.54) is 39.8 Å². The molecule has 1 heterocycles. The van der Waals surface area contributed by atoms with Crippen LogP contribution >= 0.6 is 34.6 Å². The van der Waals surface area contributed by atoms with Gasteiger partial charge in [0.15, 0.2) is 6.10 Å². The lowest BCUT2D eigenvalue weighted by molar-refractivity contribution is -0.159. The Hall–Kier alpha value is -4.03. The molecule has 15 nitrogen and oxygen atoms in total. The molecule has 1 unspecified atom stereocenters. The maximum absolute atomic E-state index is 14.2. The normalized spacial score (nSPS) is 27.7. The fourth-order valence-electron chi connectivity index (χ4n) is 6.77. The van der Waals surface area contributed by atoms with Gasteiger partial charge in [0.2, 0.25) is 23.6 Å². The Morgan fingerprint density at radius 1 is 0.984 bits per heavy atom. The predicted octanol–water partition coefficient (Wildman–Crippen LogP) is 5.66. The summed E-state index contributed by atoms with van der Waals surface area (Å²) in [5, 5.41) is 8.67. The number of ether oxygens (including phenoxy) is 2. The SMILES string of the molecule is C/C=C(\C)[C@H]1OC(=O)C(C)(C)NC(=O)C([C@@H](C)CC)NC(=O)CN(C)C(=O)[C@@H](Cc2ccc(Cl)cc2)N(C)C(=O)[C@H](C)NC(=O)[C@@H](CC(C)C)OC(=O)/C(C)=C/C[C@H](OI)[C@@H]1C. The first-order valence-corrected chi connectivity index (χ1v) is 22.3. The number of amides is 5. The second-order valence-corrected chi connectivity index (χ2v) is 18.2. The quantitative estimate of drug-likeness (QED) is 0.167. The summed E-state index contributed by atoms with van der Waals surface area (Å²) in [5.74, 6) is -5.57. The van der Waals surface area contributed by atoms with Gasteiger partial charge in [-0.05, 0) is 89.5 Å². The molecule has 1 aromatic rings. The van der Waals surface area contributed by atoms with Crippen LogP contribution in [-0.4, -0.2) is 114 Å². The number of nitrogens with one attached hydrogen (secondary N) is 3. The summed E-state index contributed by atoms with van der Waals surface area (Å²) in [7, 11) is 2.84. The second kappa shape index (κ2) is 24.7. The van der Waals surface area contributed by atoms with E-state index < -0.39 is 95.9 Å². The summed E-state index contributed by atoms with van der Waals surface area (Å²) in [6.07, 6.45) is 1.71. The van der Waals surface area contributed by atoms with Crippen molar-refractivity contribution in [2.75, 3.05) is 20.6 Å². The summed E-state index contributed by atoms with van der Waals surface area (Å²) in [4.78, 5) is 99.3. The molecule has 1 aliphatic rings. The molecule has 1 aromatic carbocycles. The molecule has 0 spiro atoms. The number of likely N-dealkylation sites (N-methyl/N-ethyl adjacent to an activating group) is 2. The largest absolute Gasteiger partial charge is 0.456 e. The lowest BCUT2D eigenvalue weighted by Crippen LogP contribution is -2.60. The van der Waals surface area contributed by atoms with Crippen LogP contribution in [0.15, 0.2) is 47.6 Å². The van der Waals surface area contributed by atoms with E-state index in [2.05, 4.69) is 16.0 Å². The van der Waals surface area contributed by atoms with E-state index >= 15 is 0 Å². The highest BCUT2D eigenvalue weighted by Gasteiger charge is 2.40. The fourth-order valence-corrected chi connectivity index (χ4v) is 7.57. The van der Waals surface area contributed by atoms with E-state index in [-0.39, 0.29) is 36.7 Å². The average Bonchev–Trinajstić information content (AvgIpc) is 3.21. The van der Waals surface area contributed by atoms with E-state index in [4.69, 9.17) is 24.1 Å². The predicted molar refractivity (Wildman–Crippen MR) is 246 cm³/mol. The Balaban J connectivity index is 2.70. The topological polar surface area (TPSA) is 190 Å².